The van der Waals surface area contributed by atoms with Crippen LogP contribution in [0.2, 0.25) is 0 Å². The van der Waals surface area contributed by atoms with E-state index in [-0.39, 0.29) is 17.5 Å². The van der Waals surface area contributed by atoms with E-state index in [1.54, 1.807) is 7.11 Å². The molecule has 0 aromatic carbocycles. The van der Waals surface area contributed by atoms with Crippen LogP contribution in [0, 0.1) is 5.41 Å². The van der Waals surface area contributed by atoms with E-state index in [2.05, 4.69) is 15.6 Å². The Balaban J connectivity index is 2.90. The number of nitrogens with zero attached hydrogens (tertiary/aromatic N) is 2. The van der Waals surface area contributed by atoms with Gasteiger partial charge in [0.2, 0.25) is 5.82 Å². The standard InChI is InChI=1S/C8H16N4O2/c1-8(2,3)5(13-4)6-10-7(11-9)14-12-6/h5H,9H2,1-4H3,(H,10,11,12). The predicted molar refractivity (Wildman–Crippen MR) is 51.3 cm³/mol. The molecule has 1 unspecified atom stereocenters. The highest BCUT2D eigenvalue weighted by atomic mass is 16.5. The number of aromatic nitrogens is 2. The summed E-state index contributed by atoms with van der Waals surface area (Å²) < 4.78 is 10.1. The average Bonchev–Trinajstić information content (AvgIpc) is 2.51. The second-order valence-corrected chi connectivity index (χ2v) is 4.08. The van der Waals surface area contributed by atoms with Crippen LogP contribution in [-0.4, -0.2) is 17.3 Å². The van der Waals surface area contributed by atoms with Gasteiger partial charge in [0.25, 0.3) is 0 Å². The van der Waals surface area contributed by atoms with Crippen LogP contribution >= 0.6 is 0 Å². The fourth-order valence-electron chi connectivity index (χ4n) is 1.25. The first-order chi connectivity index (χ1) is 6.49. The van der Waals surface area contributed by atoms with Gasteiger partial charge < -0.3 is 9.26 Å². The molecule has 3 N–H and O–H groups in total. The monoisotopic (exact) mass is 200 g/mol. The molecule has 0 bridgehead atoms. The second-order valence-electron chi connectivity index (χ2n) is 4.08. The zero-order valence-electron chi connectivity index (χ0n) is 8.87. The number of hydrogen-bond donors (Lipinski definition) is 2. The molecule has 1 aromatic rings. The first-order valence-electron chi connectivity index (χ1n) is 4.32. The van der Waals surface area contributed by atoms with Crippen LogP contribution in [0.1, 0.15) is 32.7 Å². The number of hydrogen-bond acceptors (Lipinski definition) is 6. The maximum Gasteiger partial charge on any atom is 0.335 e. The minimum Gasteiger partial charge on any atom is -0.373 e. The Morgan fingerprint density at radius 1 is 1.50 bits per heavy atom. The molecule has 0 aliphatic rings. The third kappa shape index (κ3) is 2.21. The lowest BCUT2D eigenvalue weighted by Gasteiger charge is -2.26. The Kier molecular flexibility index (Phi) is 3.07. The Morgan fingerprint density at radius 2 is 2.14 bits per heavy atom. The molecule has 0 radical (unpaired) electrons. The molecule has 0 aliphatic carbocycles. The van der Waals surface area contributed by atoms with E-state index < -0.39 is 0 Å². The molecule has 0 aliphatic heterocycles. The molecule has 6 nitrogen and oxygen atoms in total. The summed E-state index contributed by atoms with van der Waals surface area (Å²) in [5.74, 6) is 5.62. The van der Waals surface area contributed by atoms with E-state index >= 15 is 0 Å². The molecule has 0 fully saturated rings. The molecule has 0 saturated carbocycles. The quantitative estimate of drug-likeness (QED) is 0.561. The van der Waals surface area contributed by atoms with Crippen molar-refractivity contribution >= 4 is 6.01 Å². The van der Waals surface area contributed by atoms with Gasteiger partial charge >= 0.3 is 6.01 Å². The van der Waals surface area contributed by atoms with Gasteiger partial charge in [0.15, 0.2) is 0 Å². The van der Waals surface area contributed by atoms with Crippen molar-refractivity contribution in [2.45, 2.75) is 26.9 Å². The molecule has 1 rings (SSSR count). The molecule has 14 heavy (non-hydrogen) atoms. The summed E-state index contributed by atoms with van der Waals surface area (Å²) in [4.78, 5) is 4.03. The number of nitrogens with two attached hydrogens (primary N) is 1. The number of anilines is 1. The van der Waals surface area contributed by atoms with Gasteiger partial charge in [-0.3, -0.25) is 5.43 Å². The van der Waals surface area contributed by atoms with Crippen LogP contribution in [0.25, 0.3) is 0 Å². The van der Waals surface area contributed by atoms with Gasteiger partial charge in [-0.1, -0.05) is 25.9 Å². The van der Waals surface area contributed by atoms with Crippen molar-refractivity contribution in [2.75, 3.05) is 12.5 Å². The first-order valence-corrected chi connectivity index (χ1v) is 4.32. The summed E-state index contributed by atoms with van der Waals surface area (Å²) in [5.41, 5.74) is 2.19. The smallest absolute Gasteiger partial charge is 0.335 e. The Labute approximate surface area is 82.8 Å². The molecule has 1 heterocycles. The van der Waals surface area contributed by atoms with Gasteiger partial charge in [-0.05, 0) is 5.41 Å². The molecule has 6 heteroatoms. The fraction of sp³-hybridized carbons (Fsp3) is 0.750. The van der Waals surface area contributed by atoms with Gasteiger partial charge in [-0.15, -0.1) is 0 Å². The van der Waals surface area contributed by atoms with Crippen molar-refractivity contribution in [1.82, 2.24) is 10.1 Å². The molecule has 80 valence electrons. The summed E-state index contributed by atoms with van der Waals surface area (Å²) in [5, 5.41) is 3.77. The molecular weight excluding hydrogens is 184 g/mol. The number of hydrazine groups is 1. The number of ether oxygens (including phenoxy) is 1. The SMILES string of the molecule is COC(c1noc(NN)n1)C(C)(C)C. The van der Waals surface area contributed by atoms with Crippen LogP contribution in [0.4, 0.5) is 6.01 Å². The summed E-state index contributed by atoms with van der Waals surface area (Å²) in [7, 11) is 1.61. The van der Waals surface area contributed by atoms with Crippen molar-refractivity contribution < 1.29 is 9.26 Å². The summed E-state index contributed by atoms with van der Waals surface area (Å²) >= 11 is 0. The highest BCUT2D eigenvalue weighted by Crippen LogP contribution is 2.33. The van der Waals surface area contributed by atoms with E-state index in [0.717, 1.165) is 0 Å². The van der Waals surface area contributed by atoms with Gasteiger partial charge in [0, 0.05) is 7.11 Å². The molecule has 1 atom stereocenters. The molecule has 1 aromatic heterocycles. The van der Waals surface area contributed by atoms with E-state index in [9.17, 15) is 0 Å². The Morgan fingerprint density at radius 3 is 2.50 bits per heavy atom. The topological polar surface area (TPSA) is 86.2 Å². The minimum absolute atomic E-state index is 0.0928. The van der Waals surface area contributed by atoms with Gasteiger partial charge in [-0.2, -0.15) is 4.98 Å². The van der Waals surface area contributed by atoms with Gasteiger partial charge in [-0.25, -0.2) is 5.84 Å². The lowest BCUT2D eigenvalue weighted by Crippen LogP contribution is -2.21. The van der Waals surface area contributed by atoms with Crippen LogP contribution in [-0.2, 0) is 4.74 Å². The number of nitrogens with one attached hydrogen (secondary N) is 1. The Bertz CT molecular complexity index is 292. The summed E-state index contributed by atoms with van der Waals surface area (Å²) in [6, 6.07) is 0.186. The first kappa shape index (κ1) is 10.9. The van der Waals surface area contributed by atoms with Crippen LogP contribution in [0.3, 0.4) is 0 Å². The number of methoxy groups -OCH3 is 1. The average molecular weight is 200 g/mol. The molecule has 0 amide bonds. The maximum absolute atomic E-state index is 5.31. The normalized spacial score (nSPS) is 14.1. The maximum atomic E-state index is 5.31. The van der Waals surface area contributed by atoms with Crippen molar-refractivity contribution in [3.05, 3.63) is 5.82 Å². The molecule has 0 spiro atoms. The third-order valence-electron chi connectivity index (χ3n) is 1.82. The van der Waals surface area contributed by atoms with Crippen molar-refractivity contribution in [2.24, 2.45) is 11.3 Å². The zero-order chi connectivity index (χ0) is 10.8. The van der Waals surface area contributed by atoms with Crippen LogP contribution in [0.15, 0.2) is 4.52 Å². The second kappa shape index (κ2) is 3.93. The highest BCUT2D eigenvalue weighted by Gasteiger charge is 2.30. The van der Waals surface area contributed by atoms with Crippen molar-refractivity contribution in [1.29, 1.82) is 0 Å². The minimum atomic E-state index is -0.214. The van der Waals surface area contributed by atoms with Crippen molar-refractivity contribution in [3.8, 4) is 0 Å². The molecular formula is C8H16N4O2. The highest BCUT2D eigenvalue weighted by molar-refractivity contribution is 5.16. The fourth-order valence-corrected chi connectivity index (χ4v) is 1.25. The number of rotatable bonds is 3. The lowest BCUT2D eigenvalue weighted by atomic mass is 9.88. The van der Waals surface area contributed by atoms with E-state index in [4.69, 9.17) is 15.1 Å². The van der Waals surface area contributed by atoms with Crippen molar-refractivity contribution in [3.63, 3.8) is 0 Å². The predicted octanol–water partition coefficient (Wildman–Crippen LogP) is 1.09. The Hall–Kier alpha value is -1.14. The number of nitrogen functional groups attached to an aromatic ring is 1. The van der Waals surface area contributed by atoms with Gasteiger partial charge in [0.05, 0.1) is 0 Å². The van der Waals surface area contributed by atoms with E-state index in [1.165, 1.54) is 0 Å². The zero-order valence-corrected chi connectivity index (χ0v) is 8.87. The summed E-state index contributed by atoms with van der Waals surface area (Å²) in [6.45, 7) is 6.10. The van der Waals surface area contributed by atoms with Gasteiger partial charge in [0.1, 0.15) is 6.10 Å². The van der Waals surface area contributed by atoms with Crippen LogP contribution < -0.4 is 11.3 Å². The molecule has 0 saturated heterocycles. The third-order valence-corrected chi connectivity index (χ3v) is 1.82. The largest absolute Gasteiger partial charge is 0.373 e. The summed E-state index contributed by atoms with van der Waals surface area (Å²) in [6.07, 6.45) is -0.214. The van der Waals surface area contributed by atoms with E-state index in [1.807, 2.05) is 20.8 Å². The van der Waals surface area contributed by atoms with E-state index in [0.29, 0.717) is 5.82 Å². The lowest BCUT2D eigenvalue weighted by molar-refractivity contribution is 0.00718. The van der Waals surface area contributed by atoms with Crippen LogP contribution in [0.5, 0.6) is 0 Å².